The van der Waals surface area contributed by atoms with Crippen molar-refractivity contribution >= 4 is 43.1 Å². The van der Waals surface area contributed by atoms with Crippen LogP contribution in [0.2, 0.25) is 0 Å². The molecule has 0 spiro atoms. The first-order chi connectivity index (χ1) is 41.3. The van der Waals surface area contributed by atoms with Crippen molar-refractivity contribution in [2.45, 2.75) is 160 Å². The molecule has 4 fully saturated rings. The van der Waals surface area contributed by atoms with Gasteiger partial charge in [0.2, 0.25) is 0 Å². The number of fused-ring (bicyclic) bond motifs is 4. The summed E-state index contributed by atoms with van der Waals surface area (Å²) in [4.78, 5) is 0. The molecule has 4 aliphatic carbocycles. The molecule has 0 N–H and O–H groups in total. The van der Waals surface area contributed by atoms with E-state index in [1.54, 1.807) is 11.1 Å². The number of terminal acetylenes is 1. The first kappa shape index (κ1) is 56.3. The fraction of sp³-hybridized carbons (Fsp3) is 0.341. The lowest BCUT2D eigenvalue weighted by atomic mass is 9.41. The Balaban J connectivity index is 0.00000226. The maximum Gasteiger partial charge on any atom is 0.140 e. The molecule has 4 bridgehead atoms. The van der Waals surface area contributed by atoms with E-state index < -0.39 is 0 Å². The van der Waals surface area contributed by atoms with Crippen molar-refractivity contribution in [3.63, 3.8) is 0 Å². The van der Waals surface area contributed by atoms with Crippen LogP contribution in [0.3, 0.4) is 0 Å². The molecular weight excluding hydrogens is 1020 g/mol. The van der Waals surface area contributed by atoms with Gasteiger partial charge in [0, 0.05) is 29.2 Å². The molecule has 0 heterocycles. The lowest BCUT2D eigenvalue weighted by molar-refractivity contribution is -0.0281. The molecule has 4 saturated carbocycles. The van der Waals surface area contributed by atoms with Gasteiger partial charge in [0.25, 0.3) is 0 Å². The van der Waals surface area contributed by atoms with Gasteiger partial charge in [-0.15, -0.1) is 6.42 Å². The van der Waals surface area contributed by atoms with Gasteiger partial charge < -0.3 is 9.47 Å². The predicted molar refractivity (Wildman–Crippen MR) is 372 cm³/mol. The number of ether oxygens (including phenoxy) is 2. The quantitative estimate of drug-likeness (QED) is 0.0406. The van der Waals surface area contributed by atoms with Crippen LogP contribution in [0, 0.1) is 59.9 Å². The molecule has 9 aromatic carbocycles. The Morgan fingerprint density at radius 2 is 1.05 bits per heavy atom. The van der Waals surface area contributed by atoms with Crippen molar-refractivity contribution in [2.24, 2.45) is 11.8 Å². The molecule has 2 heteroatoms. The van der Waals surface area contributed by atoms with Gasteiger partial charge in [-0.2, -0.15) is 0 Å². The van der Waals surface area contributed by atoms with E-state index in [4.69, 9.17) is 15.9 Å². The van der Waals surface area contributed by atoms with Crippen LogP contribution < -0.4 is 9.47 Å². The molecular formula is C82H96O2. The Hall–Kier alpha value is -8.14. The summed E-state index contributed by atoms with van der Waals surface area (Å²) in [5.41, 5.74) is 13.8. The fourth-order valence-corrected chi connectivity index (χ4v) is 15.6. The van der Waals surface area contributed by atoms with E-state index in [2.05, 4.69) is 221 Å². The van der Waals surface area contributed by atoms with Crippen molar-refractivity contribution < 1.29 is 20.9 Å². The predicted octanol–water partition coefficient (Wildman–Crippen LogP) is 23.4. The van der Waals surface area contributed by atoms with Crippen molar-refractivity contribution in [3.8, 4) is 92.9 Å². The minimum absolute atomic E-state index is 0. The number of hydrogen-bond acceptors (Lipinski definition) is 2. The van der Waals surface area contributed by atoms with E-state index in [0.717, 1.165) is 74.2 Å². The van der Waals surface area contributed by atoms with Crippen molar-refractivity contribution in [3.05, 3.63) is 180 Å². The van der Waals surface area contributed by atoms with Crippen LogP contribution >= 0.6 is 0 Å². The van der Waals surface area contributed by atoms with Crippen molar-refractivity contribution in [1.82, 2.24) is 0 Å². The topological polar surface area (TPSA) is 18.5 Å². The highest BCUT2D eigenvalue weighted by molar-refractivity contribution is 6.22. The van der Waals surface area contributed by atoms with Crippen LogP contribution in [0.5, 0.6) is 11.5 Å². The van der Waals surface area contributed by atoms with Gasteiger partial charge in [0.15, 0.2) is 0 Å². The zero-order chi connectivity index (χ0) is 57.5. The lowest BCUT2D eigenvalue weighted by Gasteiger charge is -2.63. The SMILES string of the molecule is C#CC#CC#CC#COc1ccc2c(-c3ccc4cc(-c5cccc(C67CC8CC(C6)CC(c6cccc(C(C)CC)c6)(C8)C7)c5)ccc4c3)c3cc(OCCCCCCCC)ccc3c(-c3ccc4cc(CCCCCC)ccc4c3)c2c1.[HH].[HH].[HH].[HH].[HH].[HH].[HH].[HH]. The monoisotopic (exact) mass is 1110 g/mol. The molecule has 436 valence electrons. The van der Waals surface area contributed by atoms with E-state index in [9.17, 15) is 0 Å². The van der Waals surface area contributed by atoms with Gasteiger partial charge in [-0.1, -0.05) is 188 Å². The number of rotatable bonds is 21. The molecule has 3 atom stereocenters. The van der Waals surface area contributed by atoms with E-state index in [1.165, 1.54) is 147 Å². The van der Waals surface area contributed by atoms with Gasteiger partial charge in [0.1, 0.15) is 17.6 Å². The number of aryl methyl sites for hydroxylation is 1. The summed E-state index contributed by atoms with van der Waals surface area (Å²) in [5.74, 6) is 19.3. The molecule has 2 nitrogen and oxygen atoms in total. The van der Waals surface area contributed by atoms with Crippen LogP contribution in [0.4, 0.5) is 0 Å². The summed E-state index contributed by atoms with van der Waals surface area (Å²) in [6.07, 6.45) is 30.7. The third-order valence-corrected chi connectivity index (χ3v) is 19.6. The molecule has 0 aromatic heterocycles. The molecule has 84 heavy (non-hydrogen) atoms. The van der Waals surface area contributed by atoms with Gasteiger partial charge >= 0.3 is 0 Å². The van der Waals surface area contributed by atoms with E-state index >= 15 is 0 Å². The minimum Gasteiger partial charge on any atom is -0.494 e. The average molecular weight is 1110 g/mol. The maximum absolute atomic E-state index is 6.66. The number of unbranched alkanes of at least 4 members (excludes halogenated alkanes) is 8. The third-order valence-electron chi connectivity index (χ3n) is 19.6. The van der Waals surface area contributed by atoms with Crippen LogP contribution in [-0.4, -0.2) is 6.61 Å². The highest BCUT2D eigenvalue weighted by Gasteiger charge is 2.58. The fourth-order valence-electron chi connectivity index (χ4n) is 15.6. The van der Waals surface area contributed by atoms with Crippen LogP contribution in [0.15, 0.2) is 158 Å². The zero-order valence-electron chi connectivity index (χ0n) is 50.1. The van der Waals surface area contributed by atoms with Crippen LogP contribution in [-0.2, 0) is 17.3 Å². The second kappa shape index (κ2) is 25.4. The summed E-state index contributed by atoms with van der Waals surface area (Å²) >= 11 is 0. The summed E-state index contributed by atoms with van der Waals surface area (Å²) < 4.78 is 12.8. The second-order valence-corrected chi connectivity index (χ2v) is 25.3. The summed E-state index contributed by atoms with van der Waals surface area (Å²) in [6.45, 7) is 9.96. The highest BCUT2D eigenvalue weighted by atomic mass is 16.5. The second-order valence-electron chi connectivity index (χ2n) is 25.3. The molecule has 0 saturated heterocycles. The third kappa shape index (κ3) is 11.9. The van der Waals surface area contributed by atoms with Crippen LogP contribution in [0.1, 0.15) is 176 Å². The largest absolute Gasteiger partial charge is 0.494 e. The molecule has 4 aliphatic rings. The van der Waals surface area contributed by atoms with Crippen molar-refractivity contribution in [1.29, 1.82) is 0 Å². The molecule has 9 aromatic rings. The molecule has 0 radical (unpaired) electrons. The van der Waals surface area contributed by atoms with Crippen molar-refractivity contribution in [2.75, 3.05) is 6.61 Å². The Kier molecular flexibility index (Phi) is 17.0. The van der Waals surface area contributed by atoms with Gasteiger partial charge in [0.05, 0.1) is 6.61 Å². The number of benzene rings is 9. The van der Waals surface area contributed by atoms with Gasteiger partial charge in [-0.05, 0) is 258 Å². The van der Waals surface area contributed by atoms with E-state index in [0.29, 0.717) is 18.3 Å². The zero-order valence-corrected chi connectivity index (χ0v) is 50.1. The molecule has 0 aliphatic heterocycles. The Bertz CT molecular complexity index is 4170. The minimum atomic E-state index is 0. The molecule has 13 rings (SSSR count). The van der Waals surface area contributed by atoms with Crippen LogP contribution in [0.25, 0.3) is 76.5 Å². The van der Waals surface area contributed by atoms with E-state index in [-0.39, 0.29) is 22.2 Å². The van der Waals surface area contributed by atoms with E-state index in [1.807, 2.05) is 6.07 Å². The highest BCUT2D eigenvalue weighted by Crippen LogP contribution is 2.66. The summed E-state index contributed by atoms with van der Waals surface area (Å²) in [5, 5.41) is 9.43. The number of hydrogen-bond donors (Lipinski definition) is 0. The Morgan fingerprint density at radius 3 is 1.73 bits per heavy atom. The van der Waals surface area contributed by atoms with Gasteiger partial charge in [-0.3, -0.25) is 0 Å². The smallest absolute Gasteiger partial charge is 0.140 e. The summed E-state index contributed by atoms with van der Waals surface area (Å²) in [6, 6.07) is 60.8. The lowest BCUT2D eigenvalue weighted by Crippen LogP contribution is -2.55. The Labute approximate surface area is 513 Å². The maximum atomic E-state index is 6.66. The molecule has 3 unspecified atom stereocenters. The Morgan fingerprint density at radius 1 is 0.500 bits per heavy atom. The average Bonchev–Trinajstić information content (AvgIpc) is 0.717. The van der Waals surface area contributed by atoms with Gasteiger partial charge in [-0.25, -0.2) is 0 Å². The normalized spacial score (nSPS) is 18.8. The molecule has 0 amide bonds. The standard InChI is InChI=1S/C82H80O2.8H2/c1-6-10-13-16-18-21-42-83-73-39-41-76-77(51-73)79(69-36-34-64-45-59(25-20-15-12-8-3)30-31-65(64)47-69)75-40-38-74(84-43-22-19-17-14-11-7-2)52-78(75)80(76)70-37-35-67-46-66(32-33-68(67)48-70)63-27-24-29-72(50-63)82-55-60-44-61(56-82)54-81(53-60,57-82)71-28-23-26-62(49-71)58(5)9-4;;;;;;;;/h1,23-24,26-41,45-52,58,60-61H,7-9,11-12,14-15,17,19-20,22,25,43-44,53-57H2,2-5H3;8*1H. The summed E-state index contributed by atoms with van der Waals surface area (Å²) in [7, 11) is 0. The first-order valence-electron chi connectivity index (χ1n) is 31.8. The first-order valence-corrected chi connectivity index (χ1v) is 31.8.